The lowest BCUT2D eigenvalue weighted by atomic mass is 10.1. The van der Waals surface area contributed by atoms with E-state index in [9.17, 15) is 0 Å². The molecule has 1 heterocycles. The molecule has 0 aliphatic rings. The fourth-order valence-electron chi connectivity index (χ4n) is 2.31. The highest BCUT2D eigenvalue weighted by molar-refractivity contribution is 7.80. The molecular formula is C14H24N4S. The third-order valence-corrected chi connectivity index (χ3v) is 3.08. The van der Waals surface area contributed by atoms with Crippen LogP contribution >= 0.6 is 12.2 Å². The summed E-state index contributed by atoms with van der Waals surface area (Å²) in [6.07, 6.45) is 1.81. The van der Waals surface area contributed by atoms with Gasteiger partial charge in [0.2, 0.25) is 0 Å². The van der Waals surface area contributed by atoms with Crippen LogP contribution in [0.1, 0.15) is 44.6 Å². The fourth-order valence-corrected chi connectivity index (χ4v) is 2.51. The van der Waals surface area contributed by atoms with Crippen molar-refractivity contribution in [2.24, 2.45) is 5.10 Å². The van der Waals surface area contributed by atoms with E-state index >= 15 is 0 Å². The van der Waals surface area contributed by atoms with E-state index in [1.165, 1.54) is 11.4 Å². The predicted octanol–water partition coefficient (Wildman–Crippen LogP) is 2.68. The van der Waals surface area contributed by atoms with Gasteiger partial charge in [0.15, 0.2) is 5.11 Å². The molecule has 0 atom stereocenters. The number of nitrogens with zero attached hydrogens (tertiary/aromatic N) is 2. The van der Waals surface area contributed by atoms with E-state index in [4.69, 9.17) is 12.2 Å². The molecule has 0 saturated heterocycles. The van der Waals surface area contributed by atoms with Gasteiger partial charge in [-0.15, -0.1) is 0 Å². The van der Waals surface area contributed by atoms with Crippen LogP contribution in [-0.2, 0) is 5.54 Å². The highest BCUT2D eigenvalue weighted by Gasteiger charge is 2.18. The van der Waals surface area contributed by atoms with Crippen LogP contribution in [0.25, 0.3) is 0 Å². The Hall–Kier alpha value is -1.36. The summed E-state index contributed by atoms with van der Waals surface area (Å²) in [7, 11) is 0. The molecule has 0 radical (unpaired) electrons. The Labute approximate surface area is 121 Å². The summed E-state index contributed by atoms with van der Waals surface area (Å²) >= 11 is 5.05. The zero-order chi connectivity index (χ0) is 14.6. The average molecular weight is 280 g/mol. The summed E-state index contributed by atoms with van der Waals surface area (Å²) in [5, 5.41) is 7.70. The number of hydrogen-bond donors (Lipinski definition) is 2. The van der Waals surface area contributed by atoms with Gasteiger partial charge in [0.1, 0.15) is 0 Å². The van der Waals surface area contributed by atoms with Gasteiger partial charge in [0.05, 0.1) is 6.21 Å². The van der Waals surface area contributed by atoms with Gasteiger partial charge in [-0.1, -0.05) is 0 Å². The van der Waals surface area contributed by atoms with E-state index in [-0.39, 0.29) is 5.54 Å². The van der Waals surface area contributed by atoms with E-state index < -0.39 is 0 Å². The molecule has 106 valence electrons. The number of aryl methyl sites for hydroxylation is 1. The quantitative estimate of drug-likeness (QED) is 0.508. The summed E-state index contributed by atoms with van der Waals surface area (Å²) in [5.74, 6) is 0. The van der Waals surface area contributed by atoms with Crippen molar-refractivity contribution in [3.8, 4) is 0 Å². The van der Waals surface area contributed by atoms with Crippen molar-refractivity contribution in [1.82, 2.24) is 15.3 Å². The smallest absolute Gasteiger partial charge is 0.186 e. The Morgan fingerprint density at radius 2 is 2.05 bits per heavy atom. The lowest BCUT2D eigenvalue weighted by Crippen LogP contribution is -2.31. The molecule has 0 unspecified atom stereocenters. The Morgan fingerprint density at radius 3 is 2.53 bits per heavy atom. The van der Waals surface area contributed by atoms with Gasteiger partial charge in [-0.2, -0.15) is 5.10 Å². The Balaban J connectivity index is 2.87. The molecule has 0 fully saturated rings. The average Bonchev–Trinajstić information content (AvgIpc) is 2.53. The minimum Gasteiger partial charge on any atom is -0.362 e. The molecule has 0 amide bonds. The van der Waals surface area contributed by atoms with Crippen molar-refractivity contribution >= 4 is 23.5 Å². The monoisotopic (exact) mass is 280 g/mol. The summed E-state index contributed by atoms with van der Waals surface area (Å²) in [5.41, 5.74) is 6.44. The van der Waals surface area contributed by atoms with E-state index in [0.29, 0.717) is 5.11 Å². The molecular weight excluding hydrogens is 256 g/mol. The third-order valence-electron chi connectivity index (χ3n) is 2.85. The Kier molecular flexibility index (Phi) is 5.11. The van der Waals surface area contributed by atoms with Crippen molar-refractivity contribution in [1.29, 1.82) is 0 Å². The van der Waals surface area contributed by atoms with Gasteiger partial charge in [0.25, 0.3) is 0 Å². The number of aromatic nitrogens is 1. The maximum atomic E-state index is 5.05. The second-order valence-corrected chi connectivity index (χ2v) is 5.97. The Bertz CT molecular complexity index is 480. The second kappa shape index (κ2) is 6.19. The minimum absolute atomic E-state index is 0.0761. The van der Waals surface area contributed by atoms with Crippen LogP contribution in [0.5, 0.6) is 0 Å². The van der Waals surface area contributed by atoms with E-state index in [1.807, 2.05) is 13.1 Å². The SMILES string of the molecule is CCNC(=S)N/N=C\c1cc(C)n(C(C)(C)C)c1C. The first-order chi connectivity index (χ1) is 8.77. The summed E-state index contributed by atoms with van der Waals surface area (Å²) in [6.45, 7) is 13.6. The van der Waals surface area contributed by atoms with E-state index in [1.54, 1.807) is 0 Å². The zero-order valence-electron chi connectivity index (χ0n) is 12.7. The maximum absolute atomic E-state index is 5.05. The Morgan fingerprint density at radius 1 is 1.42 bits per heavy atom. The molecule has 1 aromatic heterocycles. The van der Waals surface area contributed by atoms with Crippen LogP contribution in [0.2, 0.25) is 0 Å². The van der Waals surface area contributed by atoms with Gasteiger partial charge in [-0.05, 0) is 59.8 Å². The van der Waals surface area contributed by atoms with Gasteiger partial charge in [0, 0.05) is 29.0 Å². The lowest BCUT2D eigenvalue weighted by molar-refractivity contribution is 0.383. The number of hydrogen-bond acceptors (Lipinski definition) is 2. The molecule has 0 spiro atoms. The van der Waals surface area contributed by atoms with Gasteiger partial charge < -0.3 is 9.88 Å². The molecule has 1 aromatic rings. The molecule has 2 N–H and O–H groups in total. The van der Waals surface area contributed by atoms with Crippen molar-refractivity contribution < 1.29 is 0 Å². The van der Waals surface area contributed by atoms with Gasteiger partial charge in [-0.25, -0.2) is 0 Å². The first kappa shape index (κ1) is 15.7. The maximum Gasteiger partial charge on any atom is 0.186 e. The molecule has 0 aliphatic heterocycles. The number of rotatable bonds is 3. The first-order valence-corrected chi connectivity index (χ1v) is 6.94. The van der Waals surface area contributed by atoms with Crippen LogP contribution in [0.15, 0.2) is 11.2 Å². The van der Waals surface area contributed by atoms with E-state index in [2.05, 4.69) is 61.1 Å². The highest BCUT2D eigenvalue weighted by Crippen LogP contribution is 2.23. The van der Waals surface area contributed by atoms with Gasteiger partial charge >= 0.3 is 0 Å². The van der Waals surface area contributed by atoms with Crippen molar-refractivity contribution in [2.75, 3.05) is 6.54 Å². The molecule has 0 saturated carbocycles. The number of hydrazone groups is 1. The molecule has 19 heavy (non-hydrogen) atoms. The van der Waals surface area contributed by atoms with Crippen molar-refractivity contribution in [3.05, 3.63) is 23.0 Å². The largest absolute Gasteiger partial charge is 0.362 e. The van der Waals surface area contributed by atoms with Crippen LogP contribution in [-0.4, -0.2) is 22.4 Å². The van der Waals surface area contributed by atoms with Crippen molar-refractivity contribution in [3.63, 3.8) is 0 Å². The second-order valence-electron chi connectivity index (χ2n) is 5.56. The van der Waals surface area contributed by atoms with Crippen molar-refractivity contribution in [2.45, 2.75) is 47.1 Å². The molecule has 1 rings (SSSR count). The predicted molar refractivity (Wildman–Crippen MR) is 85.9 cm³/mol. The topological polar surface area (TPSA) is 41.4 Å². The summed E-state index contributed by atoms with van der Waals surface area (Å²) in [6, 6.07) is 2.14. The number of thiocarbonyl (C=S) groups is 1. The molecule has 0 bridgehead atoms. The van der Waals surface area contributed by atoms with Gasteiger partial charge in [-0.3, -0.25) is 5.43 Å². The van der Waals surface area contributed by atoms with E-state index in [0.717, 1.165) is 12.1 Å². The zero-order valence-corrected chi connectivity index (χ0v) is 13.5. The van der Waals surface area contributed by atoms with Crippen LogP contribution in [0, 0.1) is 13.8 Å². The summed E-state index contributed by atoms with van der Waals surface area (Å²) < 4.78 is 2.32. The number of nitrogens with one attached hydrogen (secondary N) is 2. The normalized spacial score (nSPS) is 11.9. The first-order valence-electron chi connectivity index (χ1n) is 6.53. The standard InChI is InChI=1S/C14H24N4S/c1-7-15-13(19)17-16-9-12-8-10(2)18(11(12)3)14(4,5)6/h8-9H,7H2,1-6H3,(H2,15,17,19)/b16-9-. The lowest BCUT2D eigenvalue weighted by Gasteiger charge is -2.25. The third kappa shape index (κ3) is 4.06. The molecule has 5 heteroatoms. The summed E-state index contributed by atoms with van der Waals surface area (Å²) in [4.78, 5) is 0. The van der Waals surface area contributed by atoms with Crippen LogP contribution in [0.3, 0.4) is 0 Å². The minimum atomic E-state index is 0.0761. The van der Waals surface area contributed by atoms with Crippen LogP contribution in [0.4, 0.5) is 0 Å². The molecule has 4 nitrogen and oxygen atoms in total. The van der Waals surface area contributed by atoms with Crippen LogP contribution < -0.4 is 10.7 Å². The molecule has 0 aromatic carbocycles. The highest BCUT2D eigenvalue weighted by atomic mass is 32.1. The fraction of sp³-hybridized carbons (Fsp3) is 0.571. The molecule has 0 aliphatic carbocycles.